The molecule has 1 aliphatic heterocycles. The number of nitrogens with one attached hydrogen (secondary N) is 1. The third kappa shape index (κ3) is 4.50. The van der Waals surface area contributed by atoms with Crippen molar-refractivity contribution in [3.05, 3.63) is 51.2 Å². The summed E-state index contributed by atoms with van der Waals surface area (Å²) < 4.78 is 6.08. The molecule has 0 aromatic carbocycles. The monoisotopic (exact) mass is 468 g/mol. The number of aromatic nitrogens is 4. The van der Waals surface area contributed by atoms with Crippen LogP contribution in [0, 0.1) is 6.92 Å². The minimum Gasteiger partial charge on any atom is -0.469 e. The van der Waals surface area contributed by atoms with E-state index in [-0.39, 0.29) is 36.2 Å². The maximum Gasteiger partial charge on any atom is 0.305 e. The minimum absolute atomic E-state index is 0.104. The van der Waals surface area contributed by atoms with Gasteiger partial charge in [0.25, 0.3) is 11.5 Å². The lowest BCUT2D eigenvalue weighted by Gasteiger charge is -2.35. The van der Waals surface area contributed by atoms with Gasteiger partial charge in [-0.05, 0) is 32.6 Å². The van der Waals surface area contributed by atoms with Gasteiger partial charge in [-0.1, -0.05) is 6.58 Å². The average molecular weight is 469 g/mol. The number of esters is 1. The lowest BCUT2D eigenvalue weighted by Crippen LogP contribution is -2.51. The molecule has 11 nitrogen and oxygen atoms in total. The van der Waals surface area contributed by atoms with E-state index < -0.39 is 0 Å². The van der Waals surface area contributed by atoms with Gasteiger partial charge in [-0.15, -0.1) is 0 Å². The van der Waals surface area contributed by atoms with Crippen LogP contribution in [0.2, 0.25) is 0 Å². The molecule has 34 heavy (non-hydrogen) atoms. The molecule has 0 unspecified atom stereocenters. The van der Waals surface area contributed by atoms with Gasteiger partial charge in [-0.2, -0.15) is 5.10 Å². The number of nitrogens with zero attached hydrogens (tertiary/aromatic N) is 5. The molecular weight excluding hydrogens is 440 g/mol. The Morgan fingerprint density at radius 3 is 2.53 bits per heavy atom. The van der Waals surface area contributed by atoms with Gasteiger partial charge in [0.1, 0.15) is 0 Å². The topological polar surface area (TPSA) is 130 Å². The molecule has 2 amide bonds. The molecule has 0 spiro atoms. The number of amides is 2. The van der Waals surface area contributed by atoms with Gasteiger partial charge >= 0.3 is 5.97 Å². The largest absolute Gasteiger partial charge is 0.469 e. The summed E-state index contributed by atoms with van der Waals surface area (Å²) in [6.07, 6.45) is 4.22. The zero-order chi connectivity index (χ0) is 24.4. The summed E-state index contributed by atoms with van der Waals surface area (Å²) in [7, 11) is 1.30. The number of fused-ring (bicyclic) bond motifs is 1. The highest BCUT2D eigenvalue weighted by molar-refractivity contribution is 5.96. The molecule has 3 heterocycles. The Kier molecular flexibility index (Phi) is 6.62. The Labute approximate surface area is 196 Å². The van der Waals surface area contributed by atoms with Crippen molar-refractivity contribution >= 4 is 17.8 Å². The second-order valence-electron chi connectivity index (χ2n) is 8.49. The van der Waals surface area contributed by atoms with Crippen molar-refractivity contribution in [2.45, 2.75) is 39.0 Å². The summed E-state index contributed by atoms with van der Waals surface area (Å²) in [4.78, 5) is 60.0. The quantitative estimate of drug-likeness (QED) is 0.484. The number of methoxy groups -OCH3 is 1. The van der Waals surface area contributed by atoms with E-state index in [4.69, 9.17) is 0 Å². The molecule has 2 aromatic rings. The molecule has 1 aliphatic carbocycles. The van der Waals surface area contributed by atoms with Crippen LogP contribution in [0.1, 0.15) is 46.6 Å². The third-order valence-corrected chi connectivity index (χ3v) is 6.38. The zero-order valence-electron chi connectivity index (χ0n) is 19.4. The second kappa shape index (κ2) is 9.62. The minimum atomic E-state index is -0.389. The van der Waals surface area contributed by atoms with E-state index in [1.54, 1.807) is 16.7 Å². The van der Waals surface area contributed by atoms with Crippen molar-refractivity contribution in [1.82, 2.24) is 29.5 Å². The molecule has 4 rings (SSSR count). The molecule has 2 aliphatic rings. The van der Waals surface area contributed by atoms with Gasteiger partial charge < -0.3 is 14.5 Å². The SMILES string of the molecule is C=C(CCC(=O)OC)C(=O)N1CCN(C(=O)c2cnn(-c3nc4c(c(=O)[nH]3)CCC4)c2C)CC1. The molecule has 0 saturated carbocycles. The van der Waals surface area contributed by atoms with Crippen LogP contribution >= 0.6 is 0 Å². The Morgan fingerprint density at radius 2 is 1.82 bits per heavy atom. The van der Waals surface area contributed by atoms with Gasteiger partial charge in [0.05, 0.1) is 30.3 Å². The molecule has 1 fully saturated rings. The number of rotatable bonds is 6. The van der Waals surface area contributed by atoms with Crippen LogP contribution in [0.3, 0.4) is 0 Å². The van der Waals surface area contributed by atoms with Crippen LogP contribution < -0.4 is 5.56 Å². The predicted molar refractivity (Wildman–Crippen MR) is 122 cm³/mol. The summed E-state index contributed by atoms with van der Waals surface area (Å²) in [5.74, 6) is -0.488. The maximum atomic E-state index is 13.1. The van der Waals surface area contributed by atoms with E-state index in [2.05, 4.69) is 26.4 Å². The van der Waals surface area contributed by atoms with Gasteiger partial charge in [-0.25, -0.2) is 9.67 Å². The molecule has 180 valence electrons. The van der Waals surface area contributed by atoms with Crippen LogP contribution in [-0.2, 0) is 27.2 Å². The molecule has 11 heteroatoms. The lowest BCUT2D eigenvalue weighted by atomic mass is 10.1. The number of carbonyl (C=O) groups is 3. The summed E-state index contributed by atoms with van der Waals surface area (Å²) in [6.45, 7) is 7.03. The first kappa shape index (κ1) is 23.4. The fourth-order valence-corrected chi connectivity index (χ4v) is 4.33. The Balaban J connectivity index is 1.40. The Bertz CT molecular complexity index is 1200. The summed E-state index contributed by atoms with van der Waals surface area (Å²) in [5.41, 5.74) is 2.71. The third-order valence-electron chi connectivity index (χ3n) is 6.38. The lowest BCUT2D eigenvalue weighted by molar-refractivity contribution is -0.140. The van der Waals surface area contributed by atoms with E-state index in [1.165, 1.54) is 18.0 Å². The van der Waals surface area contributed by atoms with Crippen molar-refractivity contribution in [2.24, 2.45) is 0 Å². The van der Waals surface area contributed by atoms with Gasteiger partial charge in [0, 0.05) is 43.7 Å². The zero-order valence-corrected chi connectivity index (χ0v) is 19.4. The number of carbonyl (C=O) groups excluding carboxylic acids is 3. The van der Waals surface area contributed by atoms with Crippen LogP contribution in [0.5, 0.6) is 0 Å². The molecule has 0 radical (unpaired) electrons. The molecule has 2 aromatic heterocycles. The predicted octanol–water partition coefficient (Wildman–Crippen LogP) is 0.547. The van der Waals surface area contributed by atoms with E-state index in [9.17, 15) is 19.2 Å². The second-order valence-corrected chi connectivity index (χ2v) is 8.49. The molecule has 1 N–H and O–H groups in total. The van der Waals surface area contributed by atoms with Crippen LogP contribution in [0.15, 0.2) is 23.1 Å². The smallest absolute Gasteiger partial charge is 0.305 e. The highest BCUT2D eigenvalue weighted by Crippen LogP contribution is 2.19. The average Bonchev–Trinajstić information content (AvgIpc) is 3.48. The van der Waals surface area contributed by atoms with Gasteiger partial charge in [0.2, 0.25) is 11.9 Å². The van der Waals surface area contributed by atoms with Crippen LogP contribution in [0.4, 0.5) is 0 Å². The maximum absolute atomic E-state index is 13.1. The number of aromatic amines is 1. The number of aryl methyl sites for hydroxylation is 1. The Morgan fingerprint density at radius 1 is 1.12 bits per heavy atom. The number of H-pyrrole nitrogens is 1. The first-order valence-corrected chi connectivity index (χ1v) is 11.3. The fraction of sp³-hybridized carbons (Fsp3) is 0.478. The van der Waals surface area contributed by atoms with Crippen LogP contribution in [-0.4, -0.2) is 80.6 Å². The van der Waals surface area contributed by atoms with Gasteiger partial charge in [-0.3, -0.25) is 24.2 Å². The van der Waals surface area contributed by atoms with Crippen molar-refractivity contribution in [3.63, 3.8) is 0 Å². The van der Waals surface area contributed by atoms with Crippen molar-refractivity contribution in [3.8, 4) is 5.95 Å². The number of ether oxygens (including phenoxy) is 1. The number of piperazine rings is 1. The summed E-state index contributed by atoms with van der Waals surface area (Å²) >= 11 is 0. The van der Waals surface area contributed by atoms with Crippen molar-refractivity contribution in [1.29, 1.82) is 0 Å². The highest BCUT2D eigenvalue weighted by atomic mass is 16.5. The van der Waals surface area contributed by atoms with Gasteiger partial charge in [0.15, 0.2) is 0 Å². The molecule has 0 bridgehead atoms. The normalized spacial score (nSPS) is 15.2. The van der Waals surface area contributed by atoms with Crippen LogP contribution in [0.25, 0.3) is 5.95 Å². The van der Waals surface area contributed by atoms with E-state index >= 15 is 0 Å². The molecular formula is C23H28N6O5. The number of hydrogen-bond acceptors (Lipinski definition) is 7. The number of hydrogen-bond donors (Lipinski definition) is 1. The fourth-order valence-electron chi connectivity index (χ4n) is 4.33. The van der Waals surface area contributed by atoms with Crippen molar-refractivity contribution in [2.75, 3.05) is 33.3 Å². The standard InChI is InChI=1S/C23H28N6O5/c1-14(7-8-19(30)34-3)21(32)27-9-11-28(12-10-27)22(33)17-13-24-29(15(17)2)23-25-18-6-4-5-16(18)20(31)26-23/h13H,1,4-12H2,2-3H3,(H,25,26,31). The molecule has 0 atom stereocenters. The van der Waals surface area contributed by atoms with Crippen molar-refractivity contribution < 1.29 is 19.1 Å². The van der Waals surface area contributed by atoms with E-state index in [1.807, 2.05) is 0 Å². The summed E-state index contributed by atoms with van der Waals surface area (Å²) in [5, 5.41) is 4.30. The summed E-state index contributed by atoms with van der Waals surface area (Å²) in [6, 6.07) is 0. The molecule has 1 saturated heterocycles. The first-order chi connectivity index (χ1) is 16.3. The first-order valence-electron chi connectivity index (χ1n) is 11.3. The van der Waals surface area contributed by atoms with E-state index in [0.717, 1.165) is 30.5 Å². The highest BCUT2D eigenvalue weighted by Gasteiger charge is 2.28. The van der Waals surface area contributed by atoms with E-state index in [0.29, 0.717) is 49.0 Å². The Hall–Kier alpha value is -3.76.